The Labute approximate surface area is 150 Å². The quantitative estimate of drug-likeness (QED) is 0.523. The van der Waals surface area contributed by atoms with Gasteiger partial charge in [-0.2, -0.15) is 9.97 Å². The summed E-state index contributed by atoms with van der Waals surface area (Å²) in [4.78, 5) is 12.6. The van der Waals surface area contributed by atoms with E-state index in [1.807, 2.05) is 0 Å². The highest BCUT2D eigenvalue weighted by Gasteiger charge is 2.44. The van der Waals surface area contributed by atoms with Crippen LogP contribution in [-0.2, 0) is 4.74 Å². The molecular weight excluding hydrogens is 342 g/mol. The topological polar surface area (TPSA) is 149 Å². The van der Waals surface area contributed by atoms with E-state index < -0.39 is 31.1 Å². The van der Waals surface area contributed by atoms with E-state index in [4.69, 9.17) is 15.2 Å². The van der Waals surface area contributed by atoms with Gasteiger partial charge in [-0.15, -0.1) is 0 Å². The Morgan fingerprint density at radius 2 is 2.00 bits per heavy atom. The van der Waals surface area contributed by atoms with Gasteiger partial charge in [0.15, 0.2) is 23.2 Å². The summed E-state index contributed by atoms with van der Waals surface area (Å²) in [5.41, 5.74) is 6.63. The van der Waals surface area contributed by atoms with Crippen LogP contribution in [0.2, 0.25) is 0 Å². The zero-order valence-corrected chi connectivity index (χ0v) is 14.8. The minimum atomic E-state index is -1.24. The number of nitrogens with two attached hydrogens (primary N) is 1. The normalized spacial score (nSPS) is 26.1. The second-order valence-corrected chi connectivity index (χ2v) is 6.44. The Hall–Kier alpha value is -2.01. The lowest BCUT2D eigenvalue weighted by Crippen LogP contribution is -2.33. The molecule has 10 nitrogen and oxygen atoms in total. The van der Waals surface area contributed by atoms with Crippen molar-refractivity contribution in [2.75, 3.05) is 18.9 Å². The highest BCUT2D eigenvalue weighted by atomic mass is 16.6. The highest BCUT2D eigenvalue weighted by Crippen LogP contribution is 2.32. The van der Waals surface area contributed by atoms with E-state index in [0.717, 1.165) is 12.8 Å². The number of anilines is 1. The molecule has 0 amide bonds. The summed E-state index contributed by atoms with van der Waals surface area (Å²) in [6.07, 6.45) is -0.933. The van der Waals surface area contributed by atoms with Gasteiger partial charge in [0.2, 0.25) is 0 Å². The molecule has 5 N–H and O–H groups in total. The summed E-state index contributed by atoms with van der Waals surface area (Å²) < 4.78 is 12.7. The van der Waals surface area contributed by atoms with Gasteiger partial charge in [0.1, 0.15) is 18.3 Å². The Bertz CT molecular complexity index is 750. The zero-order valence-electron chi connectivity index (χ0n) is 14.8. The first-order valence-corrected chi connectivity index (χ1v) is 8.75. The number of nitrogens with zero attached hydrogens (tertiary/aromatic N) is 4. The fourth-order valence-corrected chi connectivity index (χ4v) is 2.99. The van der Waals surface area contributed by atoms with Gasteiger partial charge in [-0.05, 0) is 5.92 Å². The van der Waals surface area contributed by atoms with Crippen LogP contribution in [0.4, 0.5) is 5.82 Å². The van der Waals surface area contributed by atoms with Crippen molar-refractivity contribution in [2.24, 2.45) is 5.92 Å². The number of hydrogen-bond acceptors (Lipinski definition) is 9. The molecule has 0 spiro atoms. The lowest BCUT2D eigenvalue weighted by Gasteiger charge is -2.17. The zero-order chi connectivity index (χ0) is 18.8. The summed E-state index contributed by atoms with van der Waals surface area (Å²) in [5, 5.41) is 29.4. The van der Waals surface area contributed by atoms with Crippen molar-refractivity contribution in [1.82, 2.24) is 19.5 Å². The van der Waals surface area contributed by atoms with Crippen LogP contribution in [0.25, 0.3) is 11.2 Å². The largest absolute Gasteiger partial charge is 0.463 e. The van der Waals surface area contributed by atoms with Crippen LogP contribution in [0, 0.1) is 5.92 Å². The van der Waals surface area contributed by atoms with Crippen LogP contribution >= 0.6 is 0 Å². The van der Waals surface area contributed by atoms with Gasteiger partial charge in [0.05, 0.1) is 19.5 Å². The molecule has 144 valence electrons. The predicted octanol–water partition coefficient (Wildman–Crippen LogP) is -0.165. The Morgan fingerprint density at radius 3 is 2.62 bits per heavy atom. The number of aliphatic hydroxyl groups excluding tert-OH is 3. The van der Waals surface area contributed by atoms with Gasteiger partial charge < -0.3 is 30.5 Å². The average Bonchev–Trinajstić information content (AvgIpc) is 3.18. The van der Waals surface area contributed by atoms with Crippen LogP contribution in [0.3, 0.4) is 0 Å². The summed E-state index contributed by atoms with van der Waals surface area (Å²) in [6, 6.07) is 0.121. The van der Waals surface area contributed by atoms with Crippen molar-refractivity contribution < 1.29 is 24.8 Å². The Balaban J connectivity index is 1.90. The average molecular weight is 367 g/mol. The fourth-order valence-electron chi connectivity index (χ4n) is 2.99. The molecule has 3 rings (SSSR count). The SMILES string of the molecule is CCC(CC)COc1nc(N)c2ncn(C3OC(CO)C(O)C3O)c2n1. The van der Waals surface area contributed by atoms with Crippen molar-refractivity contribution in [3.05, 3.63) is 6.33 Å². The number of aliphatic hydroxyl groups is 3. The van der Waals surface area contributed by atoms with Crippen molar-refractivity contribution in [3.63, 3.8) is 0 Å². The van der Waals surface area contributed by atoms with E-state index >= 15 is 0 Å². The lowest BCUT2D eigenvalue weighted by atomic mass is 10.1. The molecule has 1 fully saturated rings. The third-order valence-corrected chi connectivity index (χ3v) is 4.82. The van der Waals surface area contributed by atoms with Crippen molar-refractivity contribution in [2.45, 2.75) is 51.2 Å². The van der Waals surface area contributed by atoms with Crippen LogP contribution in [-0.4, -0.2) is 66.4 Å². The molecule has 4 atom stereocenters. The molecule has 2 aromatic rings. The van der Waals surface area contributed by atoms with E-state index in [1.165, 1.54) is 10.9 Å². The summed E-state index contributed by atoms with van der Waals surface area (Å²) >= 11 is 0. The Morgan fingerprint density at radius 1 is 1.27 bits per heavy atom. The number of hydrogen-bond donors (Lipinski definition) is 4. The van der Waals surface area contributed by atoms with Gasteiger partial charge in [-0.25, -0.2) is 4.98 Å². The van der Waals surface area contributed by atoms with Crippen LogP contribution < -0.4 is 10.5 Å². The standard InChI is InChI=1S/C16H25N5O5/c1-3-8(4-2)6-25-16-19-13(17)10-14(20-16)21(7-18-10)15-12(24)11(23)9(5-22)26-15/h7-9,11-12,15,22-24H,3-6H2,1-2H3,(H2,17,19,20). The molecule has 4 unspecified atom stereocenters. The summed E-state index contributed by atoms with van der Waals surface area (Å²) in [6.45, 7) is 4.24. The Kier molecular flexibility index (Phi) is 5.56. The number of nitrogen functional groups attached to an aromatic ring is 1. The molecule has 1 aliphatic rings. The molecule has 0 aromatic carbocycles. The third-order valence-electron chi connectivity index (χ3n) is 4.82. The van der Waals surface area contributed by atoms with E-state index in [-0.39, 0.29) is 11.8 Å². The fraction of sp³-hybridized carbons (Fsp3) is 0.688. The molecule has 0 radical (unpaired) electrons. The van der Waals surface area contributed by atoms with Crippen LogP contribution in [0.1, 0.15) is 32.9 Å². The highest BCUT2D eigenvalue weighted by molar-refractivity contribution is 5.82. The summed E-state index contributed by atoms with van der Waals surface area (Å²) in [7, 11) is 0. The van der Waals surface area contributed by atoms with Crippen molar-refractivity contribution in [1.29, 1.82) is 0 Å². The van der Waals surface area contributed by atoms with E-state index in [0.29, 0.717) is 23.7 Å². The van der Waals surface area contributed by atoms with Crippen LogP contribution in [0.5, 0.6) is 6.01 Å². The molecular formula is C16H25N5O5. The molecule has 3 heterocycles. The number of fused-ring (bicyclic) bond motifs is 1. The number of imidazole rings is 1. The first-order valence-electron chi connectivity index (χ1n) is 8.75. The number of ether oxygens (including phenoxy) is 2. The maximum Gasteiger partial charge on any atom is 0.320 e. The second-order valence-electron chi connectivity index (χ2n) is 6.44. The van der Waals surface area contributed by atoms with Gasteiger partial charge >= 0.3 is 6.01 Å². The molecule has 10 heteroatoms. The van der Waals surface area contributed by atoms with E-state index in [2.05, 4.69) is 28.8 Å². The first kappa shape index (κ1) is 18.8. The van der Waals surface area contributed by atoms with Crippen molar-refractivity contribution in [3.8, 4) is 6.01 Å². The van der Waals surface area contributed by atoms with Gasteiger partial charge in [-0.1, -0.05) is 26.7 Å². The predicted molar refractivity (Wildman–Crippen MR) is 92.3 cm³/mol. The maximum atomic E-state index is 10.2. The molecule has 1 saturated heterocycles. The minimum Gasteiger partial charge on any atom is -0.463 e. The maximum absolute atomic E-state index is 10.2. The van der Waals surface area contributed by atoms with E-state index in [1.54, 1.807) is 0 Å². The second kappa shape index (κ2) is 7.70. The molecule has 1 aliphatic heterocycles. The summed E-state index contributed by atoms with van der Waals surface area (Å²) in [5.74, 6) is 0.543. The van der Waals surface area contributed by atoms with Gasteiger partial charge in [0.25, 0.3) is 0 Å². The van der Waals surface area contributed by atoms with Gasteiger partial charge in [0, 0.05) is 0 Å². The van der Waals surface area contributed by atoms with Crippen LogP contribution in [0.15, 0.2) is 6.33 Å². The van der Waals surface area contributed by atoms with E-state index in [9.17, 15) is 15.3 Å². The van der Waals surface area contributed by atoms with Gasteiger partial charge in [-0.3, -0.25) is 4.57 Å². The smallest absolute Gasteiger partial charge is 0.320 e. The lowest BCUT2D eigenvalue weighted by molar-refractivity contribution is -0.0511. The van der Waals surface area contributed by atoms with Crippen molar-refractivity contribution >= 4 is 17.0 Å². The number of rotatable bonds is 7. The molecule has 0 saturated carbocycles. The first-order chi connectivity index (χ1) is 12.5. The molecule has 0 bridgehead atoms. The third kappa shape index (κ3) is 3.32. The number of aromatic nitrogens is 4. The molecule has 26 heavy (non-hydrogen) atoms. The molecule has 0 aliphatic carbocycles. The molecule has 2 aromatic heterocycles. The minimum absolute atomic E-state index is 0.121. The monoisotopic (exact) mass is 367 g/mol.